The molecule has 150 valence electrons. The number of hydrogen-bond donors (Lipinski definition) is 0. The Kier molecular flexibility index (Phi) is 4.64. The fourth-order valence-corrected chi connectivity index (χ4v) is 3.17. The fraction of sp³-hybridized carbons (Fsp3) is 0.526. The topological polar surface area (TPSA) is 96.7 Å². The number of hydrogen-bond acceptors (Lipinski definition) is 5. The van der Waals surface area contributed by atoms with Crippen LogP contribution in [-0.4, -0.2) is 34.2 Å². The van der Waals surface area contributed by atoms with Gasteiger partial charge in [-0.2, -0.15) is 10.1 Å². The molecule has 0 aliphatic heterocycles. The van der Waals surface area contributed by atoms with E-state index in [2.05, 4.69) is 10.1 Å². The Hall–Kier alpha value is -2.97. The summed E-state index contributed by atoms with van der Waals surface area (Å²) in [5.74, 6) is 0.280. The molecular weight excluding hydrogens is 360 g/mol. The Morgan fingerprint density at radius 2 is 1.79 bits per heavy atom. The molecule has 0 aromatic carbocycles. The van der Waals surface area contributed by atoms with Crippen molar-refractivity contribution in [2.45, 2.75) is 54.6 Å². The minimum Gasteiger partial charge on any atom is -0.303 e. The van der Waals surface area contributed by atoms with E-state index in [0.29, 0.717) is 12.5 Å². The summed E-state index contributed by atoms with van der Waals surface area (Å²) >= 11 is 0. The molecule has 28 heavy (non-hydrogen) atoms. The highest BCUT2D eigenvalue weighted by atomic mass is 16.2. The van der Waals surface area contributed by atoms with Gasteiger partial charge < -0.3 is 4.57 Å². The van der Waals surface area contributed by atoms with E-state index in [9.17, 15) is 14.4 Å². The lowest BCUT2D eigenvalue weighted by Gasteiger charge is -2.17. The molecule has 0 amide bonds. The first-order valence-electron chi connectivity index (χ1n) is 9.24. The molecule has 9 nitrogen and oxygen atoms in total. The van der Waals surface area contributed by atoms with Gasteiger partial charge in [0.1, 0.15) is 0 Å². The molecule has 0 aliphatic rings. The molecule has 0 spiro atoms. The largest absolute Gasteiger partial charge is 0.332 e. The normalized spacial score (nSPS) is 12.1. The zero-order chi connectivity index (χ0) is 21.0. The number of aromatic nitrogens is 6. The maximum absolute atomic E-state index is 13.2. The fourth-order valence-electron chi connectivity index (χ4n) is 3.17. The molecule has 0 N–H and O–H groups in total. The Labute approximate surface area is 162 Å². The van der Waals surface area contributed by atoms with Crippen LogP contribution in [-0.2, 0) is 24.9 Å². The van der Waals surface area contributed by atoms with Gasteiger partial charge in [-0.3, -0.25) is 18.7 Å². The molecule has 3 rings (SSSR count). The van der Waals surface area contributed by atoms with Crippen LogP contribution in [0.25, 0.3) is 17.1 Å². The second kappa shape index (κ2) is 6.57. The van der Waals surface area contributed by atoms with Gasteiger partial charge in [0.25, 0.3) is 5.56 Å². The van der Waals surface area contributed by atoms with Crippen LogP contribution in [0.5, 0.6) is 0 Å². The molecule has 9 heteroatoms. The van der Waals surface area contributed by atoms with E-state index in [4.69, 9.17) is 0 Å². The summed E-state index contributed by atoms with van der Waals surface area (Å²) in [6.07, 6.45) is 0. The molecule has 0 radical (unpaired) electrons. The van der Waals surface area contributed by atoms with Crippen molar-refractivity contribution in [2.24, 2.45) is 12.5 Å². The van der Waals surface area contributed by atoms with E-state index in [1.54, 1.807) is 37.1 Å². The average Bonchev–Trinajstić information content (AvgIpc) is 3.14. The summed E-state index contributed by atoms with van der Waals surface area (Å²) < 4.78 is 5.70. The third-order valence-electron chi connectivity index (χ3n) is 4.87. The van der Waals surface area contributed by atoms with Crippen LogP contribution in [0.4, 0.5) is 0 Å². The smallest absolute Gasteiger partial charge is 0.303 e. The van der Waals surface area contributed by atoms with Gasteiger partial charge in [0, 0.05) is 24.7 Å². The minimum atomic E-state index is -0.654. The number of imidazole rings is 1. The van der Waals surface area contributed by atoms with Gasteiger partial charge in [-0.25, -0.2) is 9.48 Å². The maximum Gasteiger partial charge on any atom is 0.332 e. The zero-order valence-corrected chi connectivity index (χ0v) is 17.4. The van der Waals surface area contributed by atoms with Gasteiger partial charge >= 0.3 is 5.69 Å². The molecule has 0 aliphatic carbocycles. The third-order valence-corrected chi connectivity index (χ3v) is 4.87. The second-order valence-corrected chi connectivity index (χ2v) is 8.07. The van der Waals surface area contributed by atoms with Crippen molar-refractivity contribution in [2.75, 3.05) is 0 Å². The van der Waals surface area contributed by atoms with Gasteiger partial charge in [-0.05, 0) is 26.8 Å². The van der Waals surface area contributed by atoms with Gasteiger partial charge in [0.2, 0.25) is 5.95 Å². The number of carbonyl (C=O) groups excluding carboxylic acids is 1. The molecule has 3 aromatic rings. The Balaban J connectivity index is 2.34. The van der Waals surface area contributed by atoms with E-state index < -0.39 is 16.7 Å². The molecule has 0 fully saturated rings. The van der Waals surface area contributed by atoms with E-state index in [1.807, 2.05) is 26.8 Å². The summed E-state index contributed by atoms with van der Waals surface area (Å²) in [4.78, 5) is 43.0. The van der Waals surface area contributed by atoms with Crippen molar-refractivity contribution in [3.05, 3.63) is 38.3 Å². The van der Waals surface area contributed by atoms with Crippen molar-refractivity contribution in [3.63, 3.8) is 0 Å². The monoisotopic (exact) mass is 386 g/mol. The highest BCUT2D eigenvalue weighted by molar-refractivity contribution is 5.83. The highest BCUT2D eigenvalue weighted by Crippen LogP contribution is 2.18. The number of ketones is 1. The van der Waals surface area contributed by atoms with Crippen LogP contribution in [0.3, 0.4) is 0 Å². The minimum absolute atomic E-state index is 0.188. The number of aryl methyl sites for hydroxylation is 4. The Bertz CT molecular complexity index is 1200. The lowest BCUT2D eigenvalue weighted by Crippen LogP contribution is -2.43. The number of carbonyl (C=O) groups is 1. The van der Waals surface area contributed by atoms with Gasteiger partial charge in [-0.1, -0.05) is 20.8 Å². The van der Waals surface area contributed by atoms with Crippen LogP contribution in [0, 0.1) is 19.3 Å². The first-order valence-corrected chi connectivity index (χ1v) is 9.24. The van der Waals surface area contributed by atoms with E-state index in [0.717, 1.165) is 16.0 Å². The molecule has 0 atom stereocenters. The van der Waals surface area contributed by atoms with Crippen molar-refractivity contribution in [1.82, 2.24) is 28.5 Å². The molecular formula is C19H26N6O3. The van der Waals surface area contributed by atoms with Gasteiger partial charge in [-0.15, -0.1) is 0 Å². The van der Waals surface area contributed by atoms with Crippen molar-refractivity contribution < 1.29 is 4.79 Å². The summed E-state index contributed by atoms with van der Waals surface area (Å²) in [6, 6.07) is 1.92. The molecule has 0 bridgehead atoms. The molecule has 0 saturated heterocycles. The van der Waals surface area contributed by atoms with Crippen LogP contribution >= 0.6 is 0 Å². The van der Waals surface area contributed by atoms with Crippen molar-refractivity contribution in [3.8, 4) is 5.95 Å². The predicted octanol–water partition coefficient (Wildman–Crippen LogP) is 1.33. The number of Topliss-reactive ketones (excluding diaryl/α,β-unsaturated/α-hetero) is 1. The first kappa shape index (κ1) is 19.8. The predicted molar refractivity (Wildman–Crippen MR) is 106 cm³/mol. The lowest BCUT2D eigenvalue weighted by molar-refractivity contribution is -0.127. The summed E-state index contributed by atoms with van der Waals surface area (Å²) in [5.41, 5.74) is 0.533. The highest BCUT2D eigenvalue weighted by Gasteiger charge is 2.26. The second-order valence-electron chi connectivity index (χ2n) is 8.07. The third kappa shape index (κ3) is 3.00. The van der Waals surface area contributed by atoms with Gasteiger partial charge in [0.05, 0.1) is 12.2 Å². The molecule has 0 unspecified atom stereocenters. The van der Waals surface area contributed by atoms with Crippen LogP contribution in [0.2, 0.25) is 0 Å². The van der Waals surface area contributed by atoms with E-state index in [-0.39, 0.29) is 23.5 Å². The number of rotatable bonds is 4. The first-order chi connectivity index (χ1) is 13.0. The van der Waals surface area contributed by atoms with Crippen LogP contribution < -0.4 is 11.2 Å². The van der Waals surface area contributed by atoms with E-state index in [1.165, 1.54) is 4.57 Å². The molecule has 0 saturated carbocycles. The Morgan fingerprint density at radius 3 is 2.29 bits per heavy atom. The lowest BCUT2D eigenvalue weighted by atomic mass is 9.91. The SMILES string of the molecule is CCn1c(-n2nc(C)cc2C)nc2c1c(=O)n(CC(=O)C(C)(C)C)c(=O)n2C. The van der Waals surface area contributed by atoms with Crippen molar-refractivity contribution in [1.29, 1.82) is 0 Å². The van der Waals surface area contributed by atoms with Crippen LogP contribution in [0.1, 0.15) is 39.1 Å². The average molecular weight is 386 g/mol. The summed E-state index contributed by atoms with van der Waals surface area (Å²) in [7, 11) is 1.56. The van der Waals surface area contributed by atoms with E-state index >= 15 is 0 Å². The van der Waals surface area contributed by atoms with Gasteiger partial charge in [0.15, 0.2) is 16.9 Å². The number of fused-ring (bicyclic) bond motifs is 1. The van der Waals surface area contributed by atoms with Crippen molar-refractivity contribution >= 4 is 16.9 Å². The summed E-state index contributed by atoms with van der Waals surface area (Å²) in [6.45, 7) is 11.2. The molecule has 3 heterocycles. The summed E-state index contributed by atoms with van der Waals surface area (Å²) in [5, 5.41) is 4.45. The quantitative estimate of drug-likeness (QED) is 0.674. The Morgan fingerprint density at radius 1 is 1.14 bits per heavy atom. The zero-order valence-electron chi connectivity index (χ0n) is 17.4. The van der Waals surface area contributed by atoms with Crippen LogP contribution in [0.15, 0.2) is 15.7 Å². The number of nitrogens with zero attached hydrogens (tertiary/aromatic N) is 6. The maximum atomic E-state index is 13.2. The molecule has 3 aromatic heterocycles. The standard InChI is InChI=1S/C19H26N6O3/c1-8-23-14-15(20-17(23)25-12(3)9-11(2)21-25)22(7)18(28)24(16(14)27)10-13(26)19(4,5)6/h9H,8,10H2,1-7H3.